The maximum absolute atomic E-state index is 5.80. The summed E-state index contributed by atoms with van der Waals surface area (Å²) < 4.78 is 22.0. The molecule has 0 saturated carbocycles. The first-order valence-electron chi connectivity index (χ1n) is 10.3. The van der Waals surface area contributed by atoms with Crippen LogP contribution < -0.4 is 20.1 Å². The molecular formula is C22H31N3O4S. The molecule has 0 unspecified atom stereocenters. The fraction of sp³-hybridized carbons (Fsp3) is 0.500. The molecule has 7 nitrogen and oxygen atoms in total. The smallest absolute Gasteiger partial charge is 0.196 e. The third kappa shape index (κ3) is 7.51. The lowest BCUT2D eigenvalue weighted by atomic mass is 10.2. The minimum Gasteiger partial charge on any atom is -0.490 e. The lowest BCUT2D eigenvalue weighted by molar-refractivity contribution is 0.0699. The Morgan fingerprint density at radius 1 is 1.10 bits per heavy atom. The van der Waals surface area contributed by atoms with Gasteiger partial charge in [0.1, 0.15) is 0 Å². The van der Waals surface area contributed by atoms with Crippen LogP contribution in [0.4, 0.5) is 5.69 Å². The van der Waals surface area contributed by atoms with Crippen LogP contribution in [0, 0.1) is 6.92 Å². The zero-order valence-electron chi connectivity index (χ0n) is 17.7. The SMILES string of the molecule is COCCOCCCNC(=NCc1ccc(C)s1)Nc1ccc2c(c1)OCCCO2. The van der Waals surface area contributed by atoms with Crippen molar-refractivity contribution in [2.45, 2.75) is 26.3 Å². The molecule has 0 radical (unpaired) electrons. The number of guanidine groups is 1. The number of aryl methyl sites for hydroxylation is 1. The van der Waals surface area contributed by atoms with E-state index in [1.165, 1.54) is 9.75 Å². The predicted molar refractivity (Wildman–Crippen MR) is 121 cm³/mol. The number of methoxy groups -OCH3 is 1. The van der Waals surface area contributed by atoms with Gasteiger partial charge in [-0.25, -0.2) is 4.99 Å². The van der Waals surface area contributed by atoms with Crippen molar-refractivity contribution >= 4 is 23.0 Å². The van der Waals surface area contributed by atoms with E-state index >= 15 is 0 Å². The van der Waals surface area contributed by atoms with E-state index in [0.717, 1.165) is 42.5 Å². The second-order valence-electron chi connectivity index (χ2n) is 6.90. The third-order valence-corrected chi connectivity index (χ3v) is 5.37. The van der Waals surface area contributed by atoms with E-state index in [4.69, 9.17) is 23.9 Å². The van der Waals surface area contributed by atoms with E-state index in [1.807, 2.05) is 18.2 Å². The number of anilines is 1. The van der Waals surface area contributed by atoms with Gasteiger partial charge in [0, 0.05) is 48.2 Å². The van der Waals surface area contributed by atoms with Gasteiger partial charge in [-0.2, -0.15) is 0 Å². The number of rotatable bonds is 10. The number of nitrogens with one attached hydrogen (secondary N) is 2. The molecule has 0 fully saturated rings. The van der Waals surface area contributed by atoms with E-state index in [2.05, 4.69) is 29.7 Å². The summed E-state index contributed by atoms with van der Waals surface area (Å²) in [7, 11) is 1.67. The summed E-state index contributed by atoms with van der Waals surface area (Å²) in [5, 5.41) is 6.77. The highest BCUT2D eigenvalue weighted by molar-refractivity contribution is 7.11. The zero-order valence-corrected chi connectivity index (χ0v) is 18.6. The molecule has 2 aromatic rings. The van der Waals surface area contributed by atoms with Crippen LogP contribution >= 0.6 is 11.3 Å². The largest absolute Gasteiger partial charge is 0.490 e. The van der Waals surface area contributed by atoms with Crippen LogP contribution in [0.1, 0.15) is 22.6 Å². The van der Waals surface area contributed by atoms with E-state index in [0.29, 0.717) is 39.6 Å². The maximum atomic E-state index is 5.80. The minimum absolute atomic E-state index is 0.616. The number of thiophene rings is 1. The number of benzene rings is 1. The van der Waals surface area contributed by atoms with Crippen molar-refractivity contribution in [1.29, 1.82) is 0 Å². The molecule has 0 spiro atoms. The molecule has 0 saturated heterocycles. The summed E-state index contributed by atoms with van der Waals surface area (Å²) in [5.74, 6) is 2.27. The quantitative estimate of drug-likeness (QED) is 0.337. The second kappa shape index (κ2) is 12.4. The van der Waals surface area contributed by atoms with Gasteiger partial charge in [0.15, 0.2) is 17.5 Å². The van der Waals surface area contributed by atoms with Crippen molar-refractivity contribution in [3.8, 4) is 11.5 Å². The van der Waals surface area contributed by atoms with E-state index < -0.39 is 0 Å². The molecule has 1 aliphatic heterocycles. The average Bonchev–Trinajstić information content (AvgIpc) is 3.02. The lowest BCUT2D eigenvalue weighted by Crippen LogP contribution is -2.32. The van der Waals surface area contributed by atoms with Crippen molar-refractivity contribution in [3.63, 3.8) is 0 Å². The first-order chi connectivity index (χ1) is 14.7. The standard InChI is InChI=1S/C22H31N3O4S/c1-17-5-7-19(30-17)16-24-22(23-9-3-10-27-14-13-26-2)25-18-6-8-20-21(15-18)29-12-4-11-28-20/h5-8,15H,3-4,9-14,16H2,1-2H3,(H2,23,24,25). The third-order valence-electron chi connectivity index (χ3n) is 4.39. The highest BCUT2D eigenvalue weighted by Crippen LogP contribution is 2.32. The molecule has 8 heteroatoms. The van der Waals surface area contributed by atoms with E-state index in [-0.39, 0.29) is 0 Å². The van der Waals surface area contributed by atoms with Crippen LogP contribution in [-0.4, -0.2) is 52.6 Å². The number of hydrogen-bond donors (Lipinski definition) is 2. The molecule has 30 heavy (non-hydrogen) atoms. The molecule has 0 amide bonds. The van der Waals surface area contributed by atoms with Crippen LogP contribution in [0.5, 0.6) is 11.5 Å². The molecule has 0 aliphatic carbocycles. The van der Waals surface area contributed by atoms with Crippen LogP contribution in [0.3, 0.4) is 0 Å². The summed E-state index contributed by atoms with van der Waals surface area (Å²) in [6, 6.07) is 10.1. The van der Waals surface area contributed by atoms with Crippen molar-refractivity contribution in [2.24, 2.45) is 4.99 Å². The number of fused-ring (bicyclic) bond motifs is 1. The summed E-state index contributed by atoms with van der Waals surface area (Å²) in [5.41, 5.74) is 0.907. The molecule has 3 rings (SSSR count). The Morgan fingerprint density at radius 3 is 2.77 bits per heavy atom. The molecule has 2 heterocycles. The molecule has 1 aromatic carbocycles. The Balaban J connectivity index is 1.59. The van der Waals surface area contributed by atoms with Gasteiger partial charge in [-0.15, -0.1) is 11.3 Å². The van der Waals surface area contributed by atoms with Crippen LogP contribution in [0.2, 0.25) is 0 Å². The maximum Gasteiger partial charge on any atom is 0.196 e. The van der Waals surface area contributed by atoms with E-state index in [9.17, 15) is 0 Å². The van der Waals surface area contributed by atoms with Crippen molar-refractivity contribution in [2.75, 3.05) is 52.0 Å². The summed E-state index contributed by atoms with van der Waals surface area (Å²) in [4.78, 5) is 7.27. The molecule has 0 atom stereocenters. The predicted octanol–water partition coefficient (Wildman–Crippen LogP) is 3.83. The van der Waals surface area contributed by atoms with Gasteiger partial charge in [0.2, 0.25) is 0 Å². The Bertz CT molecular complexity index is 809. The van der Waals surface area contributed by atoms with Gasteiger partial charge in [-0.05, 0) is 37.6 Å². The number of nitrogens with zero attached hydrogens (tertiary/aromatic N) is 1. The van der Waals surface area contributed by atoms with Gasteiger partial charge in [0.05, 0.1) is 33.0 Å². The van der Waals surface area contributed by atoms with Crippen LogP contribution in [0.15, 0.2) is 35.3 Å². The monoisotopic (exact) mass is 433 g/mol. The van der Waals surface area contributed by atoms with Crippen molar-refractivity contribution in [1.82, 2.24) is 5.32 Å². The summed E-state index contributed by atoms with van der Waals surface area (Å²) >= 11 is 1.77. The van der Waals surface area contributed by atoms with Gasteiger partial charge >= 0.3 is 0 Å². The zero-order chi connectivity index (χ0) is 21.0. The molecule has 2 N–H and O–H groups in total. The Hall–Kier alpha value is -2.29. The van der Waals surface area contributed by atoms with Gasteiger partial charge in [0.25, 0.3) is 0 Å². The van der Waals surface area contributed by atoms with Crippen LogP contribution in [0.25, 0.3) is 0 Å². The molecule has 164 valence electrons. The highest BCUT2D eigenvalue weighted by atomic mass is 32.1. The van der Waals surface area contributed by atoms with Gasteiger partial charge in [-0.3, -0.25) is 0 Å². The number of aliphatic imine (C=N–C) groups is 1. The first-order valence-corrected chi connectivity index (χ1v) is 11.1. The highest BCUT2D eigenvalue weighted by Gasteiger charge is 2.11. The summed E-state index contributed by atoms with van der Waals surface area (Å²) in [6.45, 7) is 6.75. The molecular weight excluding hydrogens is 402 g/mol. The van der Waals surface area contributed by atoms with Gasteiger partial charge in [-0.1, -0.05) is 0 Å². The van der Waals surface area contributed by atoms with Crippen molar-refractivity contribution < 1.29 is 18.9 Å². The fourth-order valence-corrected chi connectivity index (χ4v) is 3.68. The number of ether oxygens (including phenoxy) is 4. The second-order valence-corrected chi connectivity index (χ2v) is 8.27. The van der Waals surface area contributed by atoms with Gasteiger partial charge < -0.3 is 29.6 Å². The van der Waals surface area contributed by atoms with Crippen LogP contribution in [-0.2, 0) is 16.0 Å². The first kappa shape index (κ1) is 22.4. The fourth-order valence-electron chi connectivity index (χ4n) is 2.87. The lowest BCUT2D eigenvalue weighted by Gasteiger charge is -2.14. The Labute approximate surface area is 182 Å². The molecule has 1 aromatic heterocycles. The Morgan fingerprint density at radius 2 is 1.97 bits per heavy atom. The topological polar surface area (TPSA) is 73.3 Å². The number of hydrogen-bond acceptors (Lipinski definition) is 6. The minimum atomic E-state index is 0.616. The Kier molecular flexibility index (Phi) is 9.27. The average molecular weight is 434 g/mol. The molecule has 1 aliphatic rings. The van der Waals surface area contributed by atoms with Crippen molar-refractivity contribution in [3.05, 3.63) is 40.1 Å². The summed E-state index contributed by atoms with van der Waals surface area (Å²) in [6.07, 6.45) is 1.77. The normalized spacial score (nSPS) is 13.7. The van der Waals surface area contributed by atoms with E-state index in [1.54, 1.807) is 18.4 Å². The molecule has 0 bridgehead atoms.